The Labute approximate surface area is 123 Å². The van der Waals surface area contributed by atoms with Gasteiger partial charge >= 0.3 is 0 Å². The number of hydrogen-bond donors (Lipinski definition) is 0. The van der Waals surface area contributed by atoms with Crippen molar-refractivity contribution in [2.24, 2.45) is 0 Å². The summed E-state index contributed by atoms with van der Waals surface area (Å²) in [6.45, 7) is 3.26. The van der Waals surface area contributed by atoms with E-state index in [1.807, 2.05) is 71.1 Å². The third kappa shape index (κ3) is 2.65. The third-order valence-electron chi connectivity index (χ3n) is 3.53. The van der Waals surface area contributed by atoms with E-state index in [4.69, 9.17) is 0 Å². The Morgan fingerprint density at radius 2 is 1.95 bits per heavy atom. The van der Waals surface area contributed by atoms with E-state index < -0.39 is 0 Å². The highest BCUT2D eigenvalue weighted by Gasteiger charge is 2.17. The zero-order valence-corrected chi connectivity index (χ0v) is 11.9. The van der Waals surface area contributed by atoms with Gasteiger partial charge in [0, 0.05) is 31.7 Å². The van der Waals surface area contributed by atoms with E-state index in [9.17, 15) is 4.79 Å². The predicted molar refractivity (Wildman–Crippen MR) is 82.0 cm³/mol. The molecule has 4 heteroatoms. The van der Waals surface area contributed by atoms with Gasteiger partial charge in [0.2, 0.25) is 0 Å². The Hall–Kier alpha value is -2.62. The van der Waals surface area contributed by atoms with E-state index in [1.54, 1.807) is 6.20 Å². The van der Waals surface area contributed by atoms with Crippen LogP contribution in [0.5, 0.6) is 0 Å². The van der Waals surface area contributed by atoms with Crippen LogP contribution in [0.1, 0.15) is 22.8 Å². The molecule has 0 unspecified atom stereocenters. The minimum atomic E-state index is 0.0122. The van der Waals surface area contributed by atoms with Crippen LogP contribution in [0.15, 0.2) is 61.1 Å². The average molecular weight is 279 g/mol. The number of fused-ring (bicyclic) bond motifs is 1. The molecule has 1 aromatic carbocycles. The van der Waals surface area contributed by atoms with Crippen LogP contribution in [0.3, 0.4) is 0 Å². The van der Waals surface area contributed by atoms with Crippen molar-refractivity contribution in [3.63, 3.8) is 0 Å². The summed E-state index contributed by atoms with van der Waals surface area (Å²) in [6, 6.07) is 13.7. The van der Waals surface area contributed by atoms with Gasteiger partial charge in [-0.25, -0.2) is 4.98 Å². The minimum Gasteiger partial charge on any atom is -0.334 e. The molecule has 2 aromatic heterocycles. The van der Waals surface area contributed by atoms with Crippen LogP contribution in [-0.2, 0) is 6.54 Å². The second-order valence-corrected chi connectivity index (χ2v) is 4.88. The summed E-state index contributed by atoms with van der Waals surface area (Å²) >= 11 is 0. The number of carbonyl (C=O) groups is 1. The molecule has 0 aliphatic carbocycles. The van der Waals surface area contributed by atoms with Crippen LogP contribution >= 0.6 is 0 Å². The fourth-order valence-corrected chi connectivity index (χ4v) is 2.42. The molecule has 0 bridgehead atoms. The van der Waals surface area contributed by atoms with Gasteiger partial charge in [0.15, 0.2) is 0 Å². The topological polar surface area (TPSA) is 37.6 Å². The monoisotopic (exact) mass is 279 g/mol. The highest BCUT2D eigenvalue weighted by molar-refractivity contribution is 5.99. The maximum Gasteiger partial charge on any atom is 0.257 e. The molecule has 0 spiro atoms. The molecular formula is C17H17N3O. The first-order valence-corrected chi connectivity index (χ1v) is 7.04. The van der Waals surface area contributed by atoms with Gasteiger partial charge < -0.3 is 9.30 Å². The van der Waals surface area contributed by atoms with Crippen LogP contribution in [0, 0.1) is 0 Å². The molecule has 2 heterocycles. The SMILES string of the molecule is CCN(Cc1ccccc1)C(=O)c1cccn2ccnc12. The number of pyridine rings is 1. The van der Waals surface area contributed by atoms with Gasteiger partial charge in [-0.3, -0.25) is 4.79 Å². The minimum absolute atomic E-state index is 0.0122. The van der Waals surface area contributed by atoms with Gasteiger partial charge in [-0.15, -0.1) is 0 Å². The quantitative estimate of drug-likeness (QED) is 0.736. The Bertz CT molecular complexity index is 749. The first kappa shape index (κ1) is 13.4. The van der Waals surface area contributed by atoms with Crippen LogP contribution in [0.2, 0.25) is 0 Å². The van der Waals surface area contributed by atoms with Crippen molar-refractivity contribution in [3.05, 3.63) is 72.2 Å². The molecule has 0 aliphatic rings. The van der Waals surface area contributed by atoms with E-state index in [0.29, 0.717) is 24.3 Å². The molecule has 3 aromatic rings. The summed E-state index contributed by atoms with van der Waals surface area (Å²) in [5.74, 6) is 0.0122. The molecule has 21 heavy (non-hydrogen) atoms. The molecule has 0 atom stereocenters. The molecule has 106 valence electrons. The highest BCUT2D eigenvalue weighted by Crippen LogP contribution is 2.14. The molecule has 1 amide bonds. The predicted octanol–water partition coefficient (Wildman–Crippen LogP) is 3.00. The summed E-state index contributed by atoms with van der Waals surface area (Å²) in [5.41, 5.74) is 2.47. The van der Waals surface area contributed by atoms with Crippen LogP contribution in [0.25, 0.3) is 5.65 Å². The maximum absolute atomic E-state index is 12.8. The molecule has 0 aliphatic heterocycles. The van der Waals surface area contributed by atoms with Crippen molar-refractivity contribution in [1.82, 2.24) is 14.3 Å². The maximum atomic E-state index is 12.8. The van der Waals surface area contributed by atoms with Gasteiger partial charge in [-0.05, 0) is 24.6 Å². The molecule has 0 radical (unpaired) electrons. The van der Waals surface area contributed by atoms with Gasteiger partial charge in [-0.1, -0.05) is 30.3 Å². The Kier molecular flexibility index (Phi) is 3.69. The van der Waals surface area contributed by atoms with Crippen molar-refractivity contribution in [2.45, 2.75) is 13.5 Å². The first-order valence-electron chi connectivity index (χ1n) is 7.04. The van der Waals surface area contributed by atoms with Crippen molar-refractivity contribution in [3.8, 4) is 0 Å². The highest BCUT2D eigenvalue weighted by atomic mass is 16.2. The summed E-state index contributed by atoms with van der Waals surface area (Å²) < 4.78 is 1.86. The number of imidazole rings is 1. The largest absolute Gasteiger partial charge is 0.334 e. The second kappa shape index (κ2) is 5.79. The van der Waals surface area contributed by atoms with Gasteiger partial charge in [0.25, 0.3) is 5.91 Å². The smallest absolute Gasteiger partial charge is 0.257 e. The van der Waals surface area contributed by atoms with Crippen LogP contribution < -0.4 is 0 Å². The van der Waals surface area contributed by atoms with Crippen LogP contribution in [0.4, 0.5) is 0 Å². The van der Waals surface area contributed by atoms with Crippen molar-refractivity contribution >= 4 is 11.6 Å². The fraction of sp³-hybridized carbons (Fsp3) is 0.176. The lowest BCUT2D eigenvalue weighted by Crippen LogP contribution is -2.30. The number of hydrogen-bond acceptors (Lipinski definition) is 2. The van der Waals surface area contributed by atoms with Gasteiger partial charge in [-0.2, -0.15) is 0 Å². The fourth-order valence-electron chi connectivity index (χ4n) is 2.42. The number of benzene rings is 1. The summed E-state index contributed by atoms with van der Waals surface area (Å²) in [6.07, 6.45) is 5.45. The molecule has 0 N–H and O–H groups in total. The summed E-state index contributed by atoms with van der Waals surface area (Å²) in [4.78, 5) is 18.9. The van der Waals surface area contributed by atoms with Crippen LogP contribution in [-0.4, -0.2) is 26.7 Å². The zero-order valence-electron chi connectivity index (χ0n) is 11.9. The third-order valence-corrected chi connectivity index (χ3v) is 3.53. The number of aromatic nitrogens is 2. The van der Waals surface area contributed by atoms with Crippen molar-refractivity contribution < 1.29 is 4.79 Å². The van der Waals surface area contributed by atoms with Crippen molar-refractivity contribution in [1.29, 1.82) is 0 Å². The average Bonchev–Trinajstić information content (AvgIpc) is 3.01. The van der Waals surface area contributed by atoms with E-state index in [0.717, 1.165) is 5.56 Å². The van der Waals surface area contributed by atoms with Gasteiger partial charge in [0.1, 0.15) is 5.65 Å². The summed E-state index contributed by atoms with van der Waals surface area (Å²) in [7, 11) is 0. The lowest BCUT2D eigenvalue weighted by molar-refractivity contribution is 0.0754. The van der Waals surface area contributed by atoms with Gasteiger partial charge in [0.05, 0.1) is 5.56 Å². The van der Waals surface area contributed by atoms with E-state index in [2.05, 4.69) is 4.98 Å². The normalized spacial score (nSPS) is 10.7. The number of nitrogens with zero attached hydrogens (tertiary/aromatic N) is 3. The standard InChI is InChI=1S/C17H17N3O/c1-2-19(13-14-7-4-3-5-8-14)17(21)15-9-6-11-20-12-10-18-16(15)20/h3-12H,2,13H2,1H3. The molecule has 4 nitrogen and oxygen atoms in total. The van der Waals surface area contributed by atoms with E-state index in [1.165, 1.54) is 0 Å². The molecule has 0 saturated heterocycles. The lowest BCUT2D eigenvalue weighted by atomic mass is 10.2. The molecule has 3 rings (SSSR count). The van der Waals surface area contributed by atoms with E-state index >= 15 is 0 Å². The number of rotatable bonds is 4. The summed E-state index contributed by atoms with van der Waals surface area (Å²) in [5, 5.41) is 0. The Morgan fingerprint density at radius 1 is 1.14 bits per heavy atom. The molecule has 0 saturated carbocycles. The molecular weight excluding hydrogens is 262 g/mol. The lowest BCUT2D eigenvalue weighted by Gasteiger charge is -2.21. The first-order chi connectivity index (χ1) is 10.3. The number of carbonyl (C=O) groups excluding carboxylic acids is 1. The Balaban J connectivity index is 1.90. The van der Waals surface area contributed by atoms with E-state index in [-0.39, 0.29) is 5.91 Å². The second-order valence-electron chi connectivity index (χ2n) is 4.88. The zero-order chi connectivity index (χ0) is 14.7. The Morgan fingerprint density at radius 3 is 2.71 bits per heavy atom. The number of amides is 1. The molecule has 0 fully saturated rings. The van der Waals surface area contributed by atoms with Crippen molar-refractivity contribution in [2.75, 3.05) is 6.54 Å².